The lowest BCUT2D eigenvalue weighted by Gasteiger charge is -2.04. The molecule has 0 spiro atoms. The van der Waals surface area contributed by atoms with Crippen molar-refractivity contribution < 1.29 is 4.42 Å². The maximum Gasteiger partial charge on any atom is 0.212 e. The highest BCUT2D eigenvalue weighted by Crippen LogP contribution is 2.30. The molecule has 0 bridgehead atoms. The summed E-state index contributed by atoms with van der Waals surface area (Å²) in [6, 6.07) is 6.99. The van der Waals surface area contributed by atoms with Crippen LogP contribution in [0.1, 0.15) is 42.3 Å². The summed E-state index contributed by atoms with van der Waals surface area (Å²) in [5.41, 5.74) is 4.15. The maximum absolute atomic E-state index is 5.94. The van der Waals surface area contributed by atoms with E-state index in [1.54, 1.807) is 0 Å². The molecule has 19 heavy (non-hydrogen) atoms. The van der Waals surface area contributed by atoms with E-state index in [-0.39, 0.29) is 0 Å². The summed E-state index contributed by atoms with van der Waals surface area (Å²) in [7, 11) is 0. The first kappa shape index (κ1) is 11.2. The minimum absolute atomic E-state index is 0.308. The monoisotopic (exact) mass is 254 g/mol. The molecular formula is C16H18N2O. The molecule has 2 heterocycles. The van der Waals surface area contributed by atoms with Gasteiger partial charge in [-0.1, -0.05) is 12.1 Å². The summed E-state index contributed by atoms with van der Waals surface area (Å²) < 4.78 is 5.94. The highest BCUT2D eigenvalue weighted by Gasteiger charge is 2.21. The van der Waals surface area contributed by atoms with Crippen LogP contribution in [0.5, 0.6) is 0 Å². The number of hydrogen-bond donors (Lipinski definition) is 1. The van der Waals surface area contributed by atoms with E-state index in [4.69, 9.17) is 4.42 Å². The van der Waals surface area contributed by atoms with E-state index in [2.05, 4.69) is 28.5 Å². The number of rotatable bonds is 2. The zero-order valence-corrected chi connectivity index (χ0v) is 11.0. The van der Waals surface area contributed by atoms with Crippen molar-refractivity contribution in [3.8, 4) is 11.3 Å². The van der Waals surface area contributed by atoms with Crippen LogP contribution < -0.4 is 5.32 Å². The molecule has 1 saturated heterocycles. The van der Waals surface area contributed by atoms with Gasteiger partial charge in [-0.15, -0.1) is 0 Å². The van der Waals surface area contributed by atoms with E-state index < -0.39 is 0 Å². The van der Waals surface area contributed by atoms with Gasteiger partial charge < -0.3 is 9.73 Å². The van der Waals surface area contributed by atoms with Crippen molar-refractivity contribution >= 4 is 0 Å². The van der Waals surface area contributed by atoms with Crippen LogP contribution in [0.25, 0.3) is 11.3 Å². The molecule has 1 N–H and O–H groups in total. The Bertz CT molecular complexity index is 597. The summed E-state index contributed by atoms with van der Waals surface area (Å²) in [5.74, 6) is 1.74. The van der Waals surface area contributed by atoms with Crippen molar-refractivity contribution in [2.75, 3.05) is 6.54 Å². The van der Waals surface area contributed by atoms with E-state index in [0.717, 1.165) is 30.2 Å². The predicted molar refractivity (Wildman–Crippen MR) is 73.9 cm³/mol. The van der Waals surface area contributed by atoms with Crippen LogP contribution >= 0.6 is 0 Å². The first-order chi connectivity index (χ1) is 9.40. The number of hydrogen-bond acceptors (Lipinski definition) is 3. The lowest BCUT2D eigenvalue weighted by atomic mass is 10.1. The Hall–Kier alpha value is -1.61. The number of aryl methyl sites for hydroxylation is 2. The summed E-state index contributed by atoms with van der Waals surface area (Å²) in [6.45, 7) is 1.07. The zero-order chi connectivity index (χ0) is 12.7. The average molecular weight is 254 g/mol. The molecule has 0 amide bonds. The molecule has 3 heteroatoms. The minimum atomic E-state index is 0.308. The molecule has 2 aliphatic rings. The molecule has 1 fully saturated rings. The van der Waals surface area contributed by atoms with Gasteiger partial charge in [0.1, 0.15) is 0 Å². The molecule has 0 saturated carbocycles. The van der Waals surface area contributed by atoms with Crippen molar-refractivity contribution in [3.05, 3.63) is 41.4 Å². The highest BCUT2D eigenvalue weighted by atomic mass is 16.4. The van der Waals surface area contributed by atoms with Gasteiger partial charge in [-0.3, -0.25) is 0 Å². The average Bonchev–Trinajstić information content (AvgIpc) is 3.18. The first-order valence-electron chi connectivity index (χ1n) is 7.21. The van der Waals surface area contributed by atoms with E-state index in [0.29, 0.717) is 6.04 Å². The van der Waals surface area contributed by atoms with Crippen LogP contribution in [0.3, 0.4) is 0 Å². The maximum atomic E-state index is 5.94. The quantitative estimate of drug-likeness (QED) is 0.894. The van der Waals surface area contributed by atoms with Crippen LogP contribution in [-0.4, -0.2) is 11.5 Å². The lowest BCUT2D eigenvalue weighted by molar-refractivity contribution is 0.437. The van der Waals surface area contributed by atoms with Gasteiger partial charge in [0.25, 0.3) is 0 Å². The van der Waals surface area contributed by atoms with E-state index in [9.17, 15) is 0 Å². The molecule has 3 nitrogen and oxygen atoms in total. The summed E-state index contributed by atoms with van der Waals surface area (Å²) in [6.07, 6.45) is 7.92. The summed E-state index contributed by atoms with van der Waals surface area (Å²) >= 11 is 0. The van der Waals surface area contributed by atoms with E-state index in [1.165, 1.54) is 36.8 Å². The molecule has 1 aliphatic heterocycles. The number of oxazole rings is 1. The first-order valence-corrected chi connectivity index (χ1v) is 7.21. The van der Waals surface area contributed by atoms with Crippen LogP contribution in [0.4, 0.5) is 0 Å². The van der Waals surface area contributed by atoms with Crippen LogP contribution in [0, 0.1) is 0 Å². The molecule has 4 rings (SSSR count). The van der Waals surface area contributed by atoms with Crippen molar-refractivity contribution in [1.29, 1.82) is 0 Å². The van der Waals surface area contributed by atoms with Gasteiger partial charge in [-0.2, -0.15) is 0 Å². The van der Waals surface area contributed by atoms with Gasteiger partial charge in [0.15, 0.2) is 5.76 Å². The third kappa shape index (κ3) is 1.98. The van der Waals surface area contributed by atoms with Crippen LogP contribution in [0.15, 0.2) is 28.8 Å². The van der Waals surface area contributed by atoms with Gasteiger partial charge in [-0.25, -0.2) is 4.98 Å². The van der Waals surface area contributed by atoms with Crippen molar-refractivity contribution in [3.63, 3.8) is 0 Å². The van der Waals surface area contributed by atoms with Crippen molar-refractivity contribution in [2.45, 2.75) is 38.1 Å². The number of aromatic nitrogens is 1. The van der Waals surface area contributed by atoms with Crippen molar-refractivity contribution in [2.24, 2.45) is 0 Å². The van der Waals surface area contributed by atoms with Crippen molar-refractivity contribution in [1.82, 2.24) is 10.3 Å². The normalized spacial score (nSPS) is 21.8. The fourth-order valence-corrected chi connectivity index (χ4v) is 3.20. The Morgan fingerprint density at radius 2 is 2.11 bits per heavy atom. The fourth-order valence-electron chi connectivity index (χ4n) is 3.20. The number of nitrogens with zero attached hydrogens (tertiary/aromatic N) is 1. The molecule has 1 aromatic carbocycles. The molecular weight excluding hydrogens is 236 g/mol. The summed E-state index contributed by atoms with van der Waals surface area (Å²) in [4.78, 5) is 4.44. The second kappa shape index (κ2) is 4.49. The Kier molecular flexibility index (Phi) is 2.66. The van der Waals surface area contributed by atoms with Gasteiger partial charge in [0, 0.05) is 5.56 Å². The Labute approximate surface area is 113 Å². The van der Waals surface area contributed by atoms with Gasteiger partial charge in [-0.05, 0) is 55.8 Å². The second-order valence-corrected chi connectivity index (χ2v) is 5.55. The minimum Gasteiger partial charge on any atom is -0.439 e. The molecule has 1 unspecified atom stereocenters. The summed E-state index contributed by atoms with van der Waals surface area (Å²) in [5, 5.41) is 3.42. The molecule has 98 valence electrons. The fraction of sp³-hybridized carbons (Fsp3) is 0.438. The zero-order valence-electron chi connectivity index (χ0n) is 11.0. The topological polar surface area (TPSA) is 38.1 Å². The lowest BCUT2D eigenvalue weighted by Crippen LogP contribution is -2.12. The van der Waals surface area contributed by atoms with E-state index >= 15 is 0 Å². The Morgan fingerprint density at radius 3 is 3.00 bits per heavy atom. The molecule has 1 atom stereocenters. The molecule has 2 aromatic rings. The standard InChI is InChI=1S/C16H18N2O/c1-3-11-6-7-13(9-12(11)4-1)15-10-18-16(19-15)14-5-2-8-17-14/h6-7,9-10,14,17H,1-5,8H2. The predicted octanol–water partition coefficient (Wildman–Crippen LogP) is 3.25. The third-order valence-electron chi connectivity index (χ3n) is 4.26. The van der Waals surface area contributed by atoms with Crippen LogP contribution in [-0.2, 0) is 12.8 Å². The molecule has 1 aromatic heterocycles. The Morgan fingerprint density at radius 1 is 1.16 bits per heavy atom. The third-order valence-corrected chi connectivity index (χ3v) is 4.26. The Balaban J connectivity index is 1.65. The van der Waals surface area contributed by atoms with E-state index in [1.807, 2.05) is 6.20 Å². The second-order valence-electron chi connectivity index (χ2n) is 5.55. The highest BCUT2D eigenvalue weighted by molar-refractivity contribution is 5.59. The number of nitrogens with one attached hydrogen (secondary N) is 1. The van der Waals surface area contributed by atoms with Gasteiger partial charge >= 0.3 is 0 Å². The smallest absolute Gasteiger partial charge is 0.212 e. The van der Waals surface area contributed by atoms with Crippen LogP contribution in [0.2, 0.25) is 0 Å². The van der Waals surface area contributed by atoms with Gasteiger partial charge in [0.2, 0.25) is 5.89 Å². The van der Waals surface area contributed by atoms with Gasteiger partial charge in [0.05, 0.1) is 12.2 Å². The molecule has 1 aliphatic carbocycles. The molecule has 0 radical (unpaired) electrons. The SMILES string of the molecule is c1cc2c(cc1-c1cnc(C3CCCN3)o1)CCC2. The number of fused-ring (bicyclic) bond motifs is 1. The number of benzene rings is 1. The largest absolute Gasteiger partial charge is 0.439 e.